The lowest BCUT2D eigenvalue weighted by Gasteiger charge is -1.94. The van der Waals surface area contributed by atoms with Gasteiger partial charge in [-0.2, -0.15) is 0 Å². The van der Waals surface area contributed by atoms with Crippen molar-refractivity contribution >= 4 is 44.0 Å². The molecule has 1 aliphatic rings. The lowest BCUT2D eigenvalue weighted by molar-refractivity contribution is 1.72. The Balaban J connectivity index is 2.28. The van der Waals surface area contributed by atoms with Gasteiger partial charge in [0.2, 0.25) is 0 Å². The summed E-state index contributed by atoms with van der Waals surface area (Å²) < 4.78 is 0.577. The van der Waals surface area contributed by atoms with E-state index >= 15 is 0 Å². The molecule has 1 heterocycles. The van der Waals surface area contributed by atoms with E-state index < -0.39 is 0 Å². The molecule has 1 atom stereocenters. The van der Waals surface area contributed by atoms with Crippen LogP contribution in [0.3, 0.4) is 0 Å². The molecule has 4 heteroatoms. The van der Waals surface area contributed by atoms with E-state index in [1.807, 2.05) is 10.8 Å². The number of hydrogen-bond acceptors (Lipinski definition) is 4. The van der Waals surface area contributed by atoms with Gasteiger partial charge in [0, 0.05) is 0 Å². The quantitative estimate of drug-likeness (QED) is 0.472. The predicted molar refractivity (Wildman–Crippen MR) is 44.7 cm³/mol. The first-order valence-electron chi connectivity index (χ1n) is 1.72. The van der Waals surface area contributed by atoms with Crippen LogP contribution in [0.25, 0.3) is 0 Å². The van der Waals surface area contributed by atoms with Crippen LogP contribution in [0.4, 0.5) is 0 Å². The van der Waals surface area contributed by atoms with Crippen LogP contribution in [0.1, 0.15) is 0 Å². The predicted octanol–water partition coefficient (Wildman–Crippen LogP) is 2.80. The smallest absolute Gasteiger partial charge is 0.0898 e. The molecule has 0 radical (unpaired) electrons. The Morgan fingerprint density at radius 2 is 2.57 bits per heavy atom. The van der Waals surface area contributed by atoms with E-state index in [-0.39, 0.29) is 0 Å². The Hall–Kier alpha value is 1.14. The molecule has 0 aromatic heterocycles. The zero-order valence-corrected chi connectivity index (χ0v) is 6.75. The minimum atomic E-state index is 0.577. The minimum absolute atomic E-state index is 0.577. The second-order valence-corrected chi connectivity index (χ2v) is 4.96. The van der Waals surface area contributed by atoms with Gasteiger partial charge in [-0.1, -0.05) is 38.5 Å². The van der Waals surface area contributed by atoms with Crippen LogP contribution >= 0.6 is 44.0 Å². The van der Waals surface area contributed by atoms with Crippen LogP contribution in [0.2, 0.25) is 0 Å². The highest BCUT2D eigenvalue weighted by atomic mass is 33.1. The average molecular weight is 168 g/mol. The van der Waals surface area contributed by atoms with Gasteiger partial charge in [-0.25, -0.2) is 0 Å². The molecule has 0 nitrogen and oxygen atoms in total. The molecule has 1 aliphatic heterocycles. The van der Waals surface area contributed by atoms with E-state index in [9.17, 15) is 0 Å². The molecule has 0 aliphatic carbocycles. The van der Waals surface area contributed by atoms with E-state index in [0.29, 0.717) is 4.58 Å². The fraction of sp³-hybridized carbons (Fsp3) is 0.333. The monoisotopic (exact) mass is 168 g/mol. The molecule has 40 valence electrons. The Bertz CT molecular complexity index is 79.0. The molecular formula is C3H4S4. The Kier molecular flexibility index (Phi) is 2.88. The Labute approximate surface area is 60.1 Å². The summed E-state index contributed by atoms with van der Waals surface area (Å²) in [7, 11) is 5.19. The second-order valence-electron chi connectivity index (χ2n) is 0.995. The maximum atomic E-state index is 4.05. The maximum Gasteiger partial charge on any atom is 0.0898 e. The van der Waals surface area contributed by atoms with Crippen molar-refractivity contribution in [1.82, 2.24) is 0 Å². The lowest BCUT2D eigenvalue weighted by Crippen LogP contribution is -1.76. The van der Waals surface area contributed by atoms with Crippen molar-refractivity contribution in [2.75, 3.05) is 0 Å². The van der Waals surface area contributed by atoms with Crippen molar-refractivity contribution in [3.8, 4) is 0 Å². The minimum Gasteiger partial charge on any atom is -0.110 e. The first kappa shape index (κ1) is 6.26. The molecule has 0 saturated heterocycles. The highest BCUT2D eigenvalue weighted by Gasteiger charge is 2.07. The summed E-state index contributed by atoms with van der Waals surface area (Å²) in [5, 5.41) is 2.10. The van der Waals surface area contributed by atoms with Crippen molar-refractivity contribution in [1.29, 1.82) is 0 Å². The third-order valence-corrected chi connectivity index (χ3v) is 4.98. The molecule has 0 aromatic rings. The number of hydrogen-bond donors (Lipinski definition) is 1. The summed E-state index contributed by atoms with van der Waals surface area (Å²) in [6, 6.07) is 0. The van der Waals surface area contributed by atoms with E-state index in [1.165, 1.54) is 0 Å². The molecule has 0 N–H and O–H groups in total. The molecular weight excluding hydrogens is 164 g/mol. The average Bonchev–Trinajstić information content (AvgIpc) is 2.14. The highest BCUT2D eigenvalue weighted by molar-refractivity contribution is 8.84. The summed E-state index contributed by atoms with van der Waals surface area (Å²) >= 11 is 4.05. The highest BCUT2D eigenvalue weighted by Crippen LogP contribution is 2.42. The van der Waals surface area contributed by atoms with Gasteiger partial charge in [-0.05, 0) is 5.41 Å². The van der Waals surface area contributed by atoms with Crippen LogP contribution in [-0.4, -0.2) is 4.58 Å². The summed E-state index contributed by atoms with van der Waals surface area (Å²) in [5.41, 5.74) is 0. The first-order valence-corrected chi connectivity index (χ1v) is 5.93. The number of rotatable bonds is 1. The zero-order valence-electron chi connectivity index (χ0n) is 3.40. The van der Waals surface area contributed by atoms with Crippen molar-refractivity contribution in [2.24, 2.45) is 0 Å². The lowest BCUT2D eigenvalue weighted by atomic mass is 10.7. The van der Waals surface area contributed by atoms with Gasteiger partial charge >= 0.3 is 0 Å². The van der Waals surface area contributed by atoms with E-state index in [2.05, 4.69) is 23.1 Å². The first-order chi connectivity index (χ1) is 3.43. The SMILES string of the molecule is SSC1C=CSS1. The van der Waals surface area contributed by atoms with Gasteiger partial charge in [-0.3, -0.25) is 0 Å². The van der Waals surface area contributed by atoms with Crippen LogP contribution in [0, 0.1) is 0 Å². The van der Waals surface area contributed by atoms with Crippen molar-refractivity contribution < 1.29 is 0 Å². The Morgan fingerprint density at radius 3 is 2.86 bits per heavy atom. The third kappa shape index (κ3) is 1.83. The normalized spacial score (nSPS) is 29.0. The van der Waals surface area contributed by atoms with Gasteiger partial charge < -0.3 is 0 Å². The van der Waals surface area contributed by atoms with Gasteiger partial charge in [-0.15, -0.1) is 11.7 Å². The number of thiol groups is 1. The second kappa shape index (κ2) is 3.22. The van der Waals surface area contributed by atoms with Gasteiger partial charge in [0.05, 0.1) is 4.58 Å². The summed E-state index contributed by atoms with van der Waals surface area (Å²) in [6.07, 6.45) is 2.15. The fourth-order valence-electron chi connectivity index (χ4n) is 0.268. The van der Waals surface area contributed by atoms with E-state index in [4.69, 9.17) is 0 Å². The fourth-order valence-corrected chi connectivity index (χ4v) is 4.08. The molecule has 7 heavy (non-hydrogen) atoms. The van der Waals surface area contributed by atoms with Crippen molar-refractivity contribution in [3.05, 3.63) is 11.5 Å². The maximum absolute atomic E-state index is 4.05. The van der Waals surface area contributed by atoms with Crippen LogP contribution in [-0.2, 0) is 0 Å². The standard InChI is InChI=1S/C3H4S4/c4-6-3-1-2-5-7-3/h1-4H. The van der Waals surface area contributed by atoms with Crippen LogP contribution in [0.5, 0.6) is 0 Å². The molecule has 0 aromatic carbocycles. The molecule has 0 saturated carbocycles. The molecule has 0 amide bonds. The summed E-state index contributed by atoms with van der Waals surface area (Å²) in [5.74, 6) is 0. The molecule has 1 unspecified atom stereocenters. The van der Waals surface area contributed by atoms with Gasteiger partial charge in [0.15, 0.2) is 0 Å². The molecule has 1 rings (SSSR count). The summed E-state index contributed by atoms with van der Waals surface area (Å²) in [6.45, 7) is 0. The van der Waals surface area contributed by atoms with Crippen LogP contribution < -0.4 is 0 Å². The molecule has 0 fully saturated rings. The molecule has 0 spiro atoms. The van der Waals surface area contributed by atoms with Crippen molar-refractivity contribution in [2.45, 2.75) is 4.58 Å². The third-order valence-electron chi connectivity index (χ3n) is 0.546. The topological polar surface area (TPSA) is 0 Å². The van der Waals surface area contributed by atoms with Crippen molar-refractivity contribution in [3.63, 3.8) is 0 Å². The van der Waals surface area contributed by atoms with E-state index in [1.54, 1.807) is 21.6 Å². The Morgan fingerprint density at radius 1 is 1.71 bits per heavy atom. The van der Waals surface area contributed by atoms with Gasteiger partial charge in [0.25, 0.3) is 0 Å². The largest absolute Gasteiger partial charge is 0.110 e. The van der Waals surface area contributed by atoms with E-state index in [0.717, 1.165) is 0 Å². The summed E-state index contributed by atoms with van der Waals surface area (Å²) in [4.78, 5) is 0. The van der Waals surface area contributed by atoms with Crippen LogP contribution in [0.15, 0.2) is 11.5 Å². The zero-order chi connectivity index (χ0) is 5.11. The van der Waals surface area contributed by atoms with Gasteiger partial charge in [0.1, 0.15) is 0 Å². The molecule has 0 bridgehead atoms.